The predicted octanol–water partition coefficient (Wildman–Crippen LogP) is 3.44. The van der Waals surface area contributed by atoms with Crippen LogP contribution >= 0.6 is 11.3 Å². The van der Waals surface area contributed by atoms with Gasteiger partial charge in [-0.1, -0.05) is 12.1 Å². The van der Waals surface area contributed by atoms with Gasteiger partial charge in [0.05, 0.1) is 6.04 Å². The average molecular weight is 429 g/mol. The number of aryl methyl sites for hydroxylation is 1. The van der Waals surface area contributed by atoms with Gasteiger partial charge in [-0.05, 0) is 38.6 Å². The summed E-state index contributed by atoms with van der Waals surface area (Å²) in [7, 11) is 2.11. The minimum absolute atomic E-state index is 0.0942. The van der Waals surface area contributed by atoms with Gasteiger partial charge in [-0.2, -0.15) is 15.0 Å². The normalized spacial score (nSPS) is 15.8. The Hall–Kier alpha value is -2.85. The molecule has 2 aromatic heterocycles. The molecular formula is C20H25FN8S. The summed E-state index contributed by atoms with van der Waals surface area (Å²) < 4.78 is 13.2. The fourth-order valence-electron chi connectivity index (χ4n) is 3.17. The first-order chi connectivity index (χ1) is 14.5. The number of likely N-dealkylation sites (N-methyl/N-ethyl adjacent to an activating group) is 1. The molecule has 30 heavy (non-hydrogen) atoms. The molecule has 3 aromatic rings. The van der Waals surface area contributed by atoms with Gasteiger partial charge in [-0.15, -0.1) is 11.3 Å². The number of halogens is 1. The third-order valence-corrected chi connectivity index (χ3v) is 5.79. The number of anilines is 4. The molecule has 0 spiro atoms. The van der Waals surface area contributed by atoms with Gasteiger partial charge in [-0.3, -0.25) is 5.32 Å². The van der Waals surface area contributed by atoms with Gasteiger partial charge in [0.25, 0.3) is 0 Å². The first-order valence-corrected chi connectivity index (χ1v) is 10.7. The lowest BCUT2D eigenvalue weighted by molar-refractivity contribution is 0.311. The summed E-state index contributed by atoms with van der Waals surface area (Å²) in [6.07, 6.45) is 1.81. The highest BCUT2D eigenvalue weighted by molar-refractivity contribution is 7.15. The molecular weight excluding hydrogens is 403 g/mol. The van der Waals surface area contributed by atoms with Crippen molar-refractivity contribution >= 4 is 34.3 Å². The number of hydrogen-bond acceptors (Lipinski definition) is 9. The Kier molecular flexibility index (Phi) is 6.05. The second kappa shape index (κ2) is 8.88. The molecule has 2 N–H and O–H groups in total. The number of nitrogens with one attached hydrogen (secondary N) is 2. The van der Waals surface area contributed by atoms with Crippen LogP contribution in [0.1, 0.15) is 23.4 Å². The number of nitrogens with zero attached hydrogens (tertiary/aromatic N) is 6. The third-order valence-electron chi connectivity index (χ3n) is 4.97. The van der Waals surface area contributed by atoms with Crippen molar-refractivity contribution in [1.29, 1.82) is 0 Å². The highest BCUT2D eigenvalue weighted by Crippen LogP contribution is 2.24. The molecule has 158 valence electrons. The Morgan fingerprint density at radius 1 is 1.03 bits per heavy atom. The molecule has 8 nitrogen and oxygen atoms in total. The Morgan fingerprint density at radius 3 is 2.40 bits per heavy atom. The smallest absolute Gasteiger partial charge is 0.235 e. The molecule has 1 fully saturated rings. The van der Waals surface area contributed by atoms with Crippen molar-refractivity contribution < 1.29 is 4.39 Å². The second-order valence-corrected chi connectivity index (χ2v) is 8.63. The van der Waals surface area contributed by atoms with Gasteiger partial charge in [0.2, 0.25) is 17.8 Å². The molecule has 1 aromatic carbocycles. The molecule has 0 bridgehead atoms. The highest BCUT2D eigenvalue weighted by atomic mass is 32.1. The molecule has 3 heterocycles. The zero-order chi connectivity index (χ0) is 21.1. The van der Waals surface area contributed by atoms with E-state index in [-0.39, 0.29) is 11.9 Å². The van der Waals surface area contributed by atoms with E-state index in [1.165, 1.54) is 12.1 Å². The maximum Gasteiger partial charge on any atom is 0.235 e. The quantitative estimate of drug-likeness (QED) is 0.618. The van der Waals surface area contributed by atoms with Crippen molar-refractivity contribution in [1.82, 2.24) is 24.8 Å². The van der Waals surface area contributed by atoms with Crippen LogP contribution in [-0.2, 0) is 0 Å². The van der Waals surface area contributed by atoms with E-state index >= 15 is 0 Å². The minimum atomic E-state index is -0.256. The van der Waals surface area contributed by atoms with Crippen molar-refractivity contribution in [2.75, 3.05) is 48.8 Å². The Bertz CT molecular complexity index is 985. The molecule has 1 atom stereocenters. The van der Waals surface area contributed by atoms with Crippen molar-refractivity contribution in [3.8, 4) is 0 Å². The van der Waals surface area contributed by atoms with Gasteiger partial charge in [0.15, 0.2) is 5.13 Å². The van der Waals surface area contributed by atoms with Crippen LogP contribution in [0, 0.1) is 12.7 Å². The number of piperazine rings is 1. The summed E-state index contributed by atoms with van der Waals surface area (Å²) in [6, 6.07) is 6.33. The first-order valence-electron chi connectivity index (χ1n) is 9.87. The maximum atomic E-state index is 13.2. The van der Waals surface area contributed by atoms with Gasteiger partial charge >= 0.3 is 0 Å². The molecule has 0 amide bonds. The van der Waals surface area contributed by atoms with E-state index in [4.69, 9.17) is 0 Å². The zero-order valence-corrected chi connectivity index (χ0v) is 18.1. The van der Waals surface area contributed by atoms with Crippen LogP contribution in [0.4, 0.5) is 27.4 Å². The lowest BCUT2D eigenvalue weighted by Gasteiger charge is -2.32. The molecule has 4 rings (SSSR count). The molecule has 1 unspecified atom stereocenters. The topological polar surface area (TPSA) is 82.1 Å². The minimum Gasteiger partial charge on any atom is -0.348 e. The highest BCUT2D eigenvalue weighted by Gasteiger charge is 2.19. The standard InChI is InChI=1S/C20H25FN8S/c1-13-12-22-20(30-13)27-18-24-17(23-14(2)15-4-6-16(21)7-5-15)25-19(26-18)29-10-8-28(3)9-11-29/h4-7,12,14H,8-11H2,1-3H3,(H2,22,23,24,25,26,27). The van der Waals surface area contributed by atoms with E-state index in [2.05, 4.69) is 47.4 Å². The van der Waals surface area contributed by atoms with Gasteiger partial charge in [0.1, 0.15) is 5.82 Å². The average Bonchev–Trinajstić information content (AvgIpc) is 3.13. The fraction of sp³-hybridized carbons (Fsp3) is 0.400. The zero-order valence-electron chi connectivity index (χ0n) is 17.3. The van der Waals surface area contributed by atoms with Crippen molar-refractivity contribution in [3.05, 3.63) is 46.7 Å². The molecule has 0 radical (unpaired) electrons. The molecule has 1 aliphatic rings. The lowest BCUT2D eigenvalue weighted by atomic mass is 10.1. The molecule has 1 aliphatic heterocycles. The second-order valence-electron chi connectivity index (χ2n) is 7.39. The molecule has 0 aliphatic carbocycles. The van der Waals surface area contributed by atoms with E-state index in [9.17, 15) is 4.39 Å². The summed E-state index contributed by atoms with van der Waals surface area (Å²) >= 11 is 1.54. The Morgan fingerprint density at radius 2 is 1.73 bits per heavy atom. The van der Waals surface area contributed by atoms with Gasteiger partial charge in [0, 0.05) is 37.3 Å². The van der Waals surface area contributed by atoms with Gasteiger partial charge in [-0.25, -0.2) is 9.37 Å². The number of benzene rings is 1. The maximum absolute atomic E-state index is 13.2. The summed E-state index contributed by atoms with van der Waals surface area (Å²) in [5.74, 6) is 1.28. The third kappa shape index (κ3) is 5.00. The largest absolute Gasteiger partial charge is 0.348 e. The number of thiazole rings is 1. The SMILES string of the molecule is Cc1cnc(Nc2nc(NC(C)c3ccc(F)cc3)nc(N3CCN(C)CC3)n2)s1. The van der Waals surface area contributed by atoms with Gasteiger partial charge < -0.3 is 15.1 Å². The fourth-order valence-corrected chi connectivity index (χ4v) is 3.83. The molecule has 0 saturated carbocycles. The van der Waals surface area contributed by atoms with E-state index < -0.39 is 0 Å². The van der Waals surface area contributed by atoms with E-state index in [0.29, 0.717) is 17.8 Å². The van der Waals surface area contributed by atoms with Crippen LogP contribution in [-0.4, -0.2) is 58.1 Å². The van der Waals surface area contributed by atoms with Crippen LogP contribution in [0.25, 0.3) is 0 Å². The van der Waals surface area contributed by atoms with Crippen LogP contribution < -0.4 is 15.5 Å². The number of aromatic nitrogens is 4. The summed E-state index contributed by atoms with van der Waals surface area (Å²) in [4.78, 5) is 23.7. The summed E-state index contributed by atoms with van der Waals surface area (Å²) in [5, 5.41) is 7.25. The van der Waals surface area contributed by atoms with E-state index in [0.717, 1.165) is 41.8 Å². The van der Waals surface area contributed by atoms with Crippen LogP contribution in [0.5, 0.6) is 0 Å². The van der Waals surface area contributed by atoms with Crippen molar-refractivity contribution in [2.24, 2.45) is 0 Å². The van der Waals surface area contributed by atoms with Crippen LogP contribution in [0.15, 0.2) is 30.5 Å². The Balaban J connectivity index is 1.59. The van der Waals surface area contributed by atoms with Crippen molar-refractivity contribution in [3.63, 3.8) is 0 Å². The number of hydrogen-bond donors (Lipinski definition) is 2. The monoisotopic (exact) mass is 428 g/mol. The van der Waals surface area contributed by atoms with E-state index in [1.54, 1.807) is 23.5 Å². The molecule has 10 heteroatoms. The molecule has 1 saturated heterocycles. The van der Waals surface area contributed by atoms with Crippen molar-refractivity contribution in [2.45, 2.75) is 19.9 Å². The summed E-state index contributed by atoms with van der Waals surface area (Å²) in [6.45, 7) is 7.60. The van der Waals surface area contributed by atoms with Crippen LogP contribution in [0.2, 0.25) is 0 Å². The van der Waals surface area contributed by atoms with E-state index in [1.807, 2.05) is 20.0 Å². The lowest BCUT2D eigenvalue weighted by Crippen LogP contribution is -2.45. The number of rotatable bonds is 6. The first kappa shape index (κ1) is 20.4. The predicted molar refractivity (Wildman–Crippen MR) is 118 cm³/mol. The summed E-state index contributed by atoms with van der Waals surface area (Å²) in [5.41, 5.74) is 0.947. The van der Waals surface area contributed by atoms with Crippen LogP contribution in [0.3, 0.4) is 0 Å². The Labute approximate surface area is 179 Å².